The van der Waals surface area contributed by atoms with E-state index in [0.717, 1.165) is 16.8 Å². The minimum absolute atomic E-state index is 0.184. The monoisotopic (exact) mass is 318 g/mol. The number of halogens is 2. The van der Waals surface area contributed by atoms with Gasteiger partial charge in [-0.05, 0) is 37.6 Å². The van der Waals surface area contributed by atoms with Crippen molar-refractivity contribution < 1.29 is 0 Å². The Balaban J connectivity index is 2.35. The first-order valence-electron chi connectivity index (χ1n) is 6.41. The third-order valence-electron chi connectivity index (χ3n) is 3.39. The lowest BCUT2D eigenvalue weighted by Crippen LogP contribution is -2.19. The molecule has 0 saturated carbocycles. The molecule has 0 radical (unpaired) electrons. The minimum atomic E-state index is -0.184. The third kappa shape index (κ3) is 2.43. The number of aromatic nitrogens is 2. The van der Waals surface area contributed by atoms with E-state index in [9.17, 15) is 4.79 Å². The van der Waals surface area contributed by atoms with Gasteiger partial charge in [0.05, 0.1) is 21.6 Å². The molecule has 0 unspecified atom stereocenters. The number of hydrogen-bond acceptors (Lipinski definition) is 2. The average Bonchev–Trinajstić information content (AvgIpc) is 2.41. The first-order chi connectivity index (χ1) is 9.97. The molecular formula is C16H12Cl2N2O. The van der Waals surface area contributed by atoms with Gasteiger partial charge >= 0.3 is 0 Å². The zero-order valence-corrected chi connectivity index (χ0v) is 13.0. The van der Waals surface area contributed by atoms with Crippen LogP contribution in [-0.4, -0.2) is 9.55 Å². The van der Waals surface area contributed by atoms with Crippen LogP contribution in [0.2, 0.25) is 10.0 Å². The van der Waals surface area contributed by atoms with E-state index in [1.165, 1.54) is 10.9 Å². The maximum absolute atomic E-state index is 12.7. The lowest BCUT2D eigenvalue weighted by atomic mass is 10.1. The predicted octanol–water partition coefficient (Wildman–Crippen LogP) is 4.31. The van der Waals surface area contributed by atoms with E-state index < -0.39 is 0 Å². The highest BCUT2D eigenvalue weighted by atomic mass is 35.5. The molecule has 0 aliphatic rings. The van der Waals surface area contributed by atoms with Crippen molar-refractivity contribution in [3.63, 3.8) is 0 Å². The minimum Gasteiger partial charge on any atom is -0.268 e. The van der Waals surface area contributed by atoms with Gasteiger partial charge in [-0.3, -0.25) is 9.36 Å². The first-order valence-corrected chi connectivity index (χ1v) is 7.17. The first kappa shape index (κ1) is 14.1. The Morgan fingerprint density at radius 1 is 1.10 bits per heavy atom. The van der Waals surface area contributed by atoms with Crippen LogP contribution < -0.4 is 5.56 Å². The zero-order valence-electron chi connectivity index (χ0n) is 11.5. The van der Waals surface area contributed by atoms with Crippen molar-refractivity contribution in [2.45, 2.75) is 13.8 Å². The van der Waals surface area contributed by atoms with E-state index in [0.29, 0.717) is 20.9 Å². The standard InChI is InChI=1S/C16H12Cl2N2O/c1-9-3-4-14(10(2)5-9)20-8-19-15-12(16(20)21)6-11(17)7-13(15)18/h3-8H,1-2H3. The van der Waals surface area contributed by atoms with E-state index >= 15 is 0 Å². The van der Waals surface area contributed by atoms with Crippen LogP contribution in [0.3, 0.4) is 0 Å². The van der Waals surface area contributed by atoms with Gasteiger partial charge in [-0.2, -0.15) is 0 Å². The third-order valence-corrected chi connectivity index (χ3v) is 3.90. The van der Waals surface area contributed by atoms with Crippen molar-refractivity contribution in [1.82, 2.24) is 9.55 Å². The van der Waals surface area contributed by atoms with Gasteiger partial charge in [0.15, 0.2) is 0 Å². The highest BCUT2D eigenvalue weighted by molar-refractivity contribution is 6.38. The molecule has 0 aliphatic carbocycles. The van der Waals surface area contributed by atoms with Gasteiger partial charge in [0.1, 0.15) is 6.33 Å². The molecule has 3 nitrogen and oxygen atoms in total. The van der Waals surface area contributed by atoms with Crippen LogP contribution in [0.5, 0.6) is 0 Å². The van der Waals surface area contributed by atoms with Crippen molar-refractivity contribution in [2.75, 3.05) is 0 Å². The summed E-state index contributed by atoms with van der Waals surface area (Å²) in [4.78, 5) is 17.0. The molecular weight excluding hydrogens is 307 g/mol. The fraction of sp³-hybridized carbons (Fsp3) is 0.125. The van der Waals surface area contributed by atoms with E-state index in [1.54, 1.807) is 12.1 Å². The van der Waals surface area contributed by atoms with E-state index in [2.05, 4.69) is 4.98 Å². The van der Waals surface area contributed by atoms with Gasteiger partial charge in [0, 0.05) is 5.02 Å². The van der Waals surface area contributed by atoms with Gasteiger partial charge in [0.2, 0.25) is 0 Å². The Labute approximate surface area is 131 Å². The average molecular weight is 319 g/mol. The largest absolute Gasteiger partial charge is 0.268 e. The number of nitrogens with zero attached hydrogens (tertiary/aromatic N) is 2. The molecule has 0 spiro atoms. The van der Waals surface area contributed by atoms with Crippen molar-refractivity contribution >= 4 is 34.1 Å². The fourth-order valence-corrected chi connectivity index (χ4v) is 2.95. The summed E-state index contributed by atoms with van der Waals surface area (Å²) in [5.74, 6) is 0. The molecule has 1 heterocycles. The van der Waals surface area contributed by atoms with Crippen LogP contribution in [-0.2, 0) is 0 Å². The van der Waals surface area contributed by atoms with Crippen LogP contribution in [0, 0.1) is 13.8 Å². The molecule has 2 aromatic carbocycles. The molecule has 0 bridgehead atoms. The molecule has 1 aromatic heterocycles. The summed E-state index contributed by atoms with van der Waals surface area (Å²) < 4.78 is 1.52. The van der Waals surface area contributed by atoms with Gasteiger partial charge in [-0.25, -0.2) is 4.98 Å². The highest BCUT2D eigenvalue weighted by Gasteiger charge is 2.11. The second kappa shape index (κ2) is 5.17. The summed E-state index contributed by atoms with van der Waals surface area (Å²) in [5, 5.41) is 1.21. The molecule has 106 valence electrons. The van der Waals surface area contributed by atoms with Crippen LogP contribution in [0.25, 0.3) is 16.6 Å². The van der Waals surface area contributed by atoms with Crippen LogP contribution in [0.4, 0.5) is 0 Å². The zero-order chi connectivity index (χ0) is 15.1. The Bertz CT molecular complexity index is 916. The molecule has 0 saturated heterocycles. The summed E-state index contributed by atoms with van der Waals surface area (Å²) in [5.41, 5.74) is 3.23. The Hall–Kier alpha value is -1.84. The summed E-state index contributed by atoms with van der Waals surface area (Å²) in [6, 6.07) is 9.07. The van der Waals surface area contributed by atoms with Crippen molar-refractivity contribution in [1.29, 1.82) is 0 Å². The SMILES string of the molecule is Cc1ccc(-n2cnc3c(Cl)cc(Cl)cc3c2=O)c(C)c1. The summed E-state index contributed by atoms with van der Waals surface area (Å²) in [6.45, 7) is 3.97. The molecule has 0 amide bonds. The Morgan fingerprint density at radius 2 is 1.86 bits per heavy atom. The molecule has 0 N–H and O–H groups in total. The van der Waals surface area contributed by atoms with E-state index in [-0.39, 0.29) is 5.56 Å². The lowest BCUT2D eigenvalue weighted by Gasteiger charge is -2.11. The van der Waals surface area contributed by atoms with Crippen LogP contribution >= 0.6 is 23.2 Å². The lowest BCUT2D eigenvalue weighted by molar-refractivity contribution is 0.951. The van der Waals surface area contributed by atoms with Gasteiger partial charge in [-0.15, -0.1) is 0 Å². The second-order valence-electron chi connectivity index (χ2n) is 4.99. The second-order valence-corrected chi connectivity index (χ2v) is 5.84. The maximum Gasteiger partial charge on any atom is 0.265 e. The smallest absolute Gasteiger partial charge is 0.265 e. The number of fused-ring (bicyclic) bond motifs is 1. The summed E-state index contributed by atoms with van der Waals surface area (Å²) in [7, 11) is 0. The molecule has 3 aromatic rings. The Kier molecular flexibility index (Phi) is 3.47. The number of aryl methyl sites for hydroxylation is 2. The van der Waals surface area contributed by atoms with Crippen LogP contribution in [0.1, 0.15) is 11.1 Å². The van der Waals surface area contributed by atoms with Crippen molar-refractivity contribution in [3.05, 3.63) is 68.2 Å². The molecule has 0 fully saturated rings. The maximum atomic E-state index is 12.7. The molecule has 0 aliphatic heterocycles. The van der Waals surface area contributed by atoms with Crippen molar-refractivity contribution in [2.24, 2.45) is 0 Å². The molecule has 3 rings (SSSR count). The number of hydrogen-bond donors (Lipinski definition) is 0. The molecule has 5 heteroatoms. The summed E-state index contributed by atoms with van der Waals surface area (Å²) >= 11 is 12.1. The molecule has 0 atom stereocenters. The quantitative estimate of drug-likeness (QED) is 0.670. The molecule has 21 heavy (non-hydrogen) atoms. The summed E-state index contributed by atoms with van der Waals surface area (Å²) in [6.07, 6.45) is 1.50. The van der Waals surface area contributed by atoms with Gasteiger partial charge in [-0.1, -0.05) is 40.9 Å². The fourth-order valence-electron chi connectivity index (χ4n) is 2.41. The number of benzene rings is 2. The normalized spacial score (nSPS) is 11.0. The van der Waals surface area contributed by atoms with Gasteiger partial charge in [0.25, 0.3) is 5.56 Å². The van der Waals surface area contributed by atoms with E-state index in [1.807, 2.05) is 32.0 Å². The predicted molar refractivity (Wildman–Crippen MR) is 86.8 cm³/mol. The van der Waals surface area contributed by atoms with E-state index in [4.69, 9.17) is 23.2 Å². The van der Waals surface area contributed by atoms with Crippen molar-refractivity contribution in [3.8, 4) is 5.69 Å². The highest BCUT2D eigenvalue weighted by Crippen LogP contribution is 2.24. The van der Waals surface area contributed by atoms with Crippen LogP contribution in [0.15, 0.2) is 41.5 Å². The topological polar surface area (TPSA) is 34.9 Å². The van der Waals surface area contributed by atoms with Gasteiger partial charge < -0.3 is 0 Å². The number of rotatable bonds is 1. The Morgan fingerprint density at radius 3 is 2.57 bits per heavy atom.